The minimum Gasteiger partial charge on any atom is -0.357 e. The number of guanidine groups is 1. The minimum absolute atomic E-state index is 0. The van der Waals surface area contributed by atoms with Gasteiger partial charge in [0.05, 0.1) is 6.54 Å². The Bertz CT molecular complexity index is 728. The minimum atomic E-state index is -0.0875. The molecule has 8 nitrogen and oxygen atoms in total. The molecule has 1 aromatic heterocycles. The molecule has 27 heavy (non-hydrogen) atoms. The van der Waals surface area contributed by atoms with E-state index in [-0.39, 0.29) is 29.9 Å². The maximum Gasteiger partial charge on any atom is 0.251 e. The van der Waals surface area contributed by atoms with Gasteiger partial charge in [0.25, 0.3) is 5.91 Å². The van der Waals surface area contributed by atoms with Gasteiger partial charge in [-0.25, -0.2) is 4.99 Å². The Balaban J connectivity index is 0.00000364. The fourth-order valence-electron chi connectivity index (χ4n) is 2.45. The Hall–Kier alpha value is -2.17. The molecule has 2 aromatic rings. The number of carbonyl (C=O) groups excluding carboxylic acids is 1. The van der Waals surface area contributed by atoms with Crippen LogP contribution in [0.1, 0.15) is 35.6 Å². The smallest absolute Gasteiger partial charge is 0.251 e. The number of hydrogen-bond acceptors (Lipinski definition) is 4. The topological polar surface area (TPSA) is 96.2 Å². The average molecular weight is 485 g/mol. The van der Waals surface area contributed by atoms with Crippen molar-refractivity contribution < 1.29 is 4.79 Å². The van der Waals surface area contributed by atoms with Crippen LogP contribution < -0.4 is 16.0 Å². The summed E-state index contributed by atoms with van der Waals surface area (Å²) in [6, 6.07) is 7.45. The number of aliphatic imine (C=N–C) groups is 1. The lowest BCUT2D eigenvalue weighted by molar-refractivity contribution is 0.0963. The number of hydrogen-bond donors (Lipinski definition) is 3. The fourth-order valence-corrected chi connectivity index (χ4v) is 2.45. The van der Waals surface area contributed by atoms with Crippen molar-refractivity contribution >= 4 is 35.8 Å². The third-order valence-electron chi connectivity index (χ3n) is 3.86. The monoisotopic (exact) mass is 485 g/mol. The molecular formula is C18H28IN7O. The van der Waals surface area contributed by atoms with E-state index in [1.165, 1.54) is 0 Å². The number of halogens is 1. The molecule has 0 aliphatic heterocycles. The molecule has 0 unspecified atom stereocenters. The second kappa shape index (κ2) is 12.3. The summed E-state index contributed by atoms with van der Waals surface area (Å²) in [7, 11) is 1.62. The highest BCUT2D eigenvalue weighted by Gasteiger charge is 2.04. The molecule has 0 aliphatic carbocycles. The van der Waals surface area contributed by atoms with Crippen LogP contribution in [0.3, 0.4) is 0 Å². The first-order valence-electron chi connectivity index (χ1n) is 8.87. The van der Waals surface area contributed by atoms with Gasteiger partial charge in [-0.15, -0.1) is 34.2 Å². The molecule has 0 bridgehead atoms. The lowest BCUT2D eigenvalue weighted by Gasteiger charge is -2.12. The molecule has 0 aliphatic rings. The van der Waals surface area contributed by atoms with E-state index >= 15 is 0 Å². The van der Waals surface area contributed by atoms with Crippen LogP contribution in [0.25, 0.3) is 0 Å². The predicted octanol–water partition coefficient (Wildman–Crippen LogP) is 1.57. The summed E-state index contributed by atoms with van der Waals surface area (Å²) in [6.45, 7) is 6.93. The molecular weight excluding hydrogens is 457 g/mol. The van der Waals surface area contributed by atoms with Crippen molar-refractivity contribution in [3.63, 3.8) is 0 Å². The zero-order valence-electron chi connectivity index (χ0n) is 16.0. The largest absolute Gasteiger partial charge is 0.357 e. The second-order valence-electron chi connectivity index (χ2n) is 5.69. The molecule has 3 N–H and O–H groups in total. The molecule has 1 heterocycles. The first-order valence-corrected chi connectivity index (χ1v) is 8.87. The Labute approximate surface area is 177 Å². The SMILES string of the molecule is CCNC(=NCc1ccc(C(=O)NC)cc1)NCCn1cnnc1CC.I. The Morgan fingerprint density at radius 1 is 1.19 bits per heavy atom. The van der Waals surface area contributed by atoms with E-state index < -0.39 is 0 Å². The van der Waals surface area contributed by atoms with Crippen LogP contribution >= 0.6 is 24.0 Å². The standard InChI is InChI=1S/C18H27N7O.HI/c1-4-16-24-23-13-25(16)11-10-21-18(20-5-2)22-12-14-6-8-15(9-7-14)17(26)19-3;/h6-9,13H,4-5,10-12H2,1-3H3,(H,19,26)(H2,20,21,22);1H. The molecule has 0 fully saturated rings. The molecule has 0 saturated carbocycles. The lowest BCUT2D eigenvalue weighted by atomic mass is 10.1. The molecule has 0 saturated heterocycles. The normalized spacial score (nSPS) is 10.9. The van der Waals surface area contributed by atoms with E-state index in [0.717, 1.165) is 43.4 Å². The van der Waals surface area contributed by atoms with Gasteiger partial charge in [0.2, 0.25) is 0 Å². The van der Waals surface area contributed by atoms with Gasteiger partial charge >= 0.3 is 0 Å². The number of rotatable bonds is 8. The third-order valence-corrected chi connectivity index (χ3v) is 3.86. The molecule has 9 heteroatoms. The molecule has 0 atom stereocenters. The van der Waals surface area contributed by atoms with Crippen molar-refractivity contribution in [1.82, 2.24) is 30.7 Å². The van der Waals surface area contributed by atoms with Gasteiger partial charge < -0.3 is 20.5 Å². The highest BCUT2D eigenvalue weighted by molar-refractivity contribution is 14.0. The number of aryl methyl sites for hydroxylation is 1. The highest BCUT2D eigenvalue weighted by Crippen LogP contribution is 2.05. The van der Waals surface area contributed by atoms with E-state index in [9.17, 15) is 4.79 Å². The van der Waals surface area contributed by atoms with Crippen LogP contribution in [0.4, 0.5) is 0 Å². The van der Waals surface area contributed by atoms with Crippen LogP contribution in [0.2, 0.25) is 0 Å². The maximum atomic E-state index is 11.6. The first kappa shape index (κ1) is 22.9. The van der Waals surface area contributed by atoms with Crippen molar-refractivity contribution in [1.29, 1.82) is 0 Å². The van der Waals surface area contributed by atoms with Gasteiger partial charge in [0.15, 0.2) is 5.96 Å². The van der Waals surface area contributed by atoms with Crippen LogP contribution in [-0.2, 0) is 19.5 Å². The van der Waals surface area contributed by atoms with E-state index in [0.29, 0.717) is 12.1 Å². The zero-order chi connectivity index (χ0) is 18.8. The molecule has 0 spiro atoms. The van der Waals surface area contributed by atoms with Gasteiger partial charge in [-0.05, 0) is 24.6 Å². The summed E-state index contributed by atoms with van der Waals surface area (Å²) in [5.41, 5.74) is 1.69. The van der Waals surface area contributed by atoms with Crippen molar-refractivity contribution in [2.45, 2.75) is 33.4 Å². The van der Waals surface area contributed by atoms with Crippen molar-refractivity contribution in [3.8, 4) is 0 Å². The van der Waals surface area contributed by atoms with Crippen LogP contribution in [-0.4, -0.2) is 46.8 Å². The number of aromatic nitrogens is 3. The van der Waals surface area contributed by atoms with E-state index in [1.807, 2.05) is 35.8 Å². The summed E-state index contributed by atoms with van der Waals surface area (Å²) in [6.07, 6.45) is 2.61. The number of nitrogens with zero attached hydrogens (tertiary/aromatic N) is 4. The Morgan fingerprint density at radius 2 is 1.93 bits per heavy atom. The quantitative estimate of drug-likeness (QED) is 0.300. The first-order chi connectivity index (χ1) is 12.7. The van der Waals surface area contributed by atoms with Crippen LogP contribution in [0, 0.1) is 0 Å². The number of benzene rings is 1. The molecule has 2 rings (SSSR count). The summed E-state index contributed by atoms with van der Waals surface area (Å²) in [5, 5.41) is 17.2. The van der Waals surface area contributed by atoms with Crippen LogP contribution in [0.5, 0.6) is 0 Å². The molecule has 148 valence electrons. The van der Waals surface area contributed by atoms with Gasteiger partial charge in [-0.3, -0.25) is 4.79 Å². The zero-order valence-corrected chi connectivity index (χ0v) is 18.4. The average Bonchev–Trinajstić information content (AvgIpc) is 3.13. The number of carbonyl (C=O) groups is 1. The summed E-state index contributed by atoms with van der Waals surface area (Å²) >= 11 is 0. The molecule has 0 radical (unpaired) electrons. The fraction of sp³-hybridized carbons (Fsp3) is 0.444. The van der Waals surface area contributed by atoms with E-state index in [1.54, 1.807) is 13.4 Å². The number of amides is 1. The lowest BCUT2D eigenvalue weighted by Crippen LogP contribution is -2.38. The summed E-state index contributed by atoms with van der Waals surface area (Å²) in [4.78, 5) is 16.2. The van der Waals surface area contributed by atoms with Gasteiger partial charge in [-0.1, -0.05) is 19.1 Å². The van der Waals surface area contributed by atoms with Crippen molar-refractivity contribution in [3.05, 3.63) is 47.5 Å². The van der Waals surface area contributed by atoms with E-state index in [4.69, 9.17) is 0 Å². The number of nitrogens with one attached hydrogen (secondary N) is 3. The molecule has 1 amide bonds. The summed E-state index contributed by atoms with van der Waals surface area (Å²) in [5.74, 6) is 1.65. The Morgan fingerprint density at radius 3 is 2.56 bits per heavy atom. The Kier molecular flexibility index (Phi) is 10.4. The van der Waals surface area contributed by atoms with Crippen molar-refractivity contribution in [2.24, 2.45) is 4.99 Å². The van der Waals surface area contributed by atoms with Crippen LogP contribution in [0.15, 0.2) is 35.6 Å². The van der Waals surface area contributed by atoms with E-state index in [2.05, 4.69) is 38.1 Å². The van der Waals surface area contributed by atoms with Gasteiger partial charge in [0, 0.05) is 38.7 Å². The van der Waals surface area contributed by atoms with Crippen molar-refractivity contribution in [2.75, 3.05) is 20.1 Å². The van der Waals surface area contributed by atoms with Gasteiger partial charge in [-0.2, -0.15) is 0 Å². The third kappa shape index (κ3) is 7.16. The van der Waals surface area contributed by atoms with Gasteiger partial charge in [0.1, 0.15) is 12.2 Å². The predicted molar refractivity (Wildman–Crippen MR) is 117 cm³/mol. The summed E-state index contributed by atoms with van der Waals surface area (Å²) < 4.78 is 2.04. The highest BCUT2D eigenvalue weighted by atomic mass is 127. The maximum absolute atomic E-state index is 11.6. The second-order valence-corrected chi connectivity index (χ2v) is 5.69. The molecule has 1 aromatic carbocycles.